The molecule has 0 unspecified atom stereocenters. The van der Waals surface area contributed by atoms with Crippen molar-refractivity contribution in [2.75, 3.05) is 0 Å². The molecule has 1 nitrogen and oxygen atoms in total. The van der Waals surface area contributed by atoms with Crippen LogP contribution in [-0.4, -0.2) is 0 Å². The molecule has 0 fully saturated rings. The molecule has 0 aromatic heterocycles. The van der Waals surface area contributed by atoms with Crippen molar-refractivity contribution in [3.05, 3.63) is 0 Å². The highest BCUT2D eigenvalue weighted by molar-refractivity contribution is 4.67. The van der Waals surface area contributed by atoms with E-state index in [9.17, 15) is 0 Å². The Labute approximate surface area is 89.5 Å². The maximum Gasteiger partial charge on any atom is 0.0621 e. The molecule has 1 atom stereocenters. The third-order valence-electron chi connectivity index (χ3n) is 2.93. The molecule has 0 N–H and O–H groups in total. The second-order valence-electron chi connectivity index (χ2n) is 4.33. The molecule has 0 aliphatic rings. The molecule has 0 amide bonds. The molecule has 0 spiro atoms. The van der Waals surface area contributed by atoms with Crippen LogP contribution in [-0.2, 0) is 0 Å². The largest absolute Gasteiger partial charge is 0.198 e. The molecule has 0 aliphatic carbocycles. The summed E-state index contributed by atoms with van der Waals surface area (Å²) in [6, 6.07) is 2.19. The molecule has 0 saturated carbocycles. The normalized spacial score (nSPS) is 12.4. The zero-order valence-corrected chi connectivity index (χ0v) is 9.89. The lowest BCUT2D eigenvalue weighted by Crippen LogP contribution is -1.91. The van der Waals surface area contributed by atoms with E-state index in [1.165, 1.54) is 44.9 Å². The summed E-state index contributed by atoms with van der Waals surface area (Å²) in [6.07, 6.45) is 11.3. The highest BCUT2D eigenvalue weighted by atomic mass is 14.2. The molecule has 0 heterocycles. The number of nitrogens with zero attached hydrogens (tertiary/aromatic N) is 1. The van der Waals surface area contributed by atoms with E-state index in [2.05, 4.69) is 19.9 Å². The predicted molar refractivity (Wildman–Crippen MR) is 62.0 cm³/mol. The molecule has 0 rings (SSSR count). The van der Waals surface area contributed by atoms with Crippen molar-refractivity contribution in [1.29, 1.82) is 5.26 Å². The second-order valence-corrected chi connectivity index (χ2v) is 4.33. The van der Waals surface area contributed by atoms with Crippen LogP contribution in [0.2, 0.25) is 0 Å². The van der Waals surface area contributed by atoms with Gasteiger partial charge in [0.25, 0.3) is 0 Å². The third kappa shape index (κ3) is 9.58. The Hall–Kier alpha value is -0.510. The molecule has 0 radical (unpaired) electrons. The first-order valence-corrected chi connectivity index (χ1v) is 6.18. The first-order valence-electron chi connectivity index (χ1n) is 6.18. The van der Waals surface area contributed by atoms with Crippen molar-refractivity contribution < 1.29 is 0 Å². The summed E-state index contributed by atoms with van der Waals surface area (Å²) in [5.74, 6) is 0.911. The fraction of sp³-hybridized carbons (Fsp3) is 0.923. The van der Waals surface area contributed by atoms with Gasteiger partial charge in [0.15, 0.2) is 0 Å². The van der Waals surface area contributed by atoms with Gasteiger partial charge in [-0.3, -0.25) is 0 Å². The topological polar surface area (TPSA) is 23.8 Å². The van der Waals surface area contributed by atoms with Crippen molar-refractivity contribution in [3.63, 3.8) is 0 Å². The van der Waals surface area contributed by atoms with Crippen molar-refractivity contribution >= 4 is 0 Å². The van der Waals surface area contributed by atoms with E-state index in [4.69, 9.17) is 5.26 Å². The predicted octanol–water partition coefficient (Wildman–Crippen LogP) is 4.68. The summed E-state index contributed by atoms with van der Waals surface area (Å²) in [7, 11) is 0. The van der Waals surface area contributed by atoms with Crippen LogP contribution in [0, 0.1) is 17.2 Å². The van der Waals surface area contributed by atoms with Gasteiger partial charge in [-0.15, -0.1) is 0 Å². The average Bonchev–Trinajstić information content (AvgIpc) is 2.21. The minimum absolute atomic E-state index is 0.743. The summed E-state index contributed by atoms with van der Waals surface area (Å²) < 4.78 is 0. The van der Waals surface area contributed by atoms with E-state index in [-0.39, 0.29) is 0 Å². The molecule has 1 heteroatoms. The van der Waals surface area contributed by atoms with Crippen LogP contribution in [0.15, 0.2) is 0 Å². The standard InChI is InChI=1S/C13H25N/c1-3-13(2)11-9-7-5-4-6-8-10-12-14/h13H,3-11H2,1-2H3/t13-/m0/s1. The van der Waals surface area contributed by atoms with Gasteiger partial charge in [0.1, 0.15) is 0 Å². The fourth-order valence-corrected chi connectivity index (χ4v) is 1.61. The van der Waals surface area contributed by atoms with E-state index in [1.807, 2.05) is 0 Å². The molecule has 0 aromatic rings. The van der Waals surface area contributed by atoms with Crippen molar-refractivity contribution in [2.45, 2.75) is 71.6 Å². The molecule has 82 valence electrons. The quantitative estimate of drug-likeness (QED) is 0.490. The first kappa shape index (κ1) is 13.5. The molecule has 0 aliphatic heterocycles. The van der Waals surface area contributed by atoms with Crippen LogP contribution in [0.4, 0.5) is 0 Å². The van der Waals surface area contributed by atoms with E-state index >= 15 is 0 Å². The van der Waals surface area contributed by atoms with Crippen LogP contribution in [0.1, 0.15) is 71.6 Å². The summed E-state index contributed by atoms with van der Waals surface area (Å²) in [5.41, 5.74) is 0. The van der Waals surface area contributed by atoms with Gasteiger partial charge in [0.2, 0.25) is 0 Å². The number of hydrogen-bond donors (Lipinski definition) is 0. The molecular formula is C13H25N. The number of hydrogen-bond acceptors (Lipinski definition) is 1. The summed E-state index contributed by atoms with van der Waals surface area (Å²) >= 11 is 0. The summed E-state index contributed by atoms with van der Waals surface area (Å²) in [5, 5.41) is 8.35. The van der Waals surface area contributed by atoms with Crippen LogP contribution >= 0.6 is 0 Å². The zero-order valence-electron chi connectivity index (χ0n) is 9.89. The molecule has 14 heavy (non-hydrogen) atoms. The van der Waals surface area contributed by atoms with Crippen LogP contribution in [0.25, 0.3) is 0 Å². The summed E-state index contributed by atoms with van der Waals surface area (Å²) in [4.78, 5) is 0. The Bertz CT molecular complexity index is 146. The molecule has 0 saturated heterocycles. The summed E-state index contributed by atoms with van der Waals surface area (Å²) in [6.45, 7) is 4.61. The van der Waals surface area contributed by atoms with Gasteiger partial charge < -0.3 is 0 Å². The Morgan fingerprint density at radius 2 is 1.57 bits per heavy atom. The Morgan fingerprint density at radius 1 is 1.00 bits per heavy atom. The minimum atomic E-state index is 0.743. The van der Waals surface area contributed by atoms with Gasteiger partial charge in [-0.2, -0.15) is 5.26 Å². The highest BCUT2D eigenvalue weighted by Crippen LogP contribution is 2.14. The number of rotatable bonds is 9. The van der Waals surface area contributed by atoms with E-state index in [0.717, 1.165) is 18.8 Å². The van der Waals surface area contributed by atoms with Gasteiger partial charge in [-0.1, -0.05) is 58.8 Å². The number of unbranched alkanes of at least 4 members (excludes halogenated alkanes) is 6. The smallest absolute Gasteiger partial charge is 0.0621 e. The maximum atomic E-state index is 8.35. The fourth-order valence-electron chi connectivity index (χ4n) is 1.61. The minimum Gasteiger partial charge on any atom is -0.198 e. The number of nitriles is 1. The van der Waals surface area contributed by atoms with E-state index < -0.39 is 0 Å². The first-order chi connectivity index (χ1) is 6.81. The van der Waals surface area contributed by atoms with Gasteiger partial charge >= 0.3 is 0 Å². The Balaban J connectivity index is 2.96. The molecular weight excluding hydrogens is 170 g/mol. The third-order valence-corrected chi connectivity index (χ3v) is 2.93. The van der Waals surface area contributed by atoms with Crippen molar-refractivity contribution in [3.8, 4) is 6.07 Å². The maximum absolute atomic E-state index is 8.35. The Kier molecular flexibility index (Phi) is 10.2. The van der Waals surface area contributed by atoms with E-state index in [0.29, 0.717) is 0 Å². The van der Waals surface area contributed by atoms with Gasteiger partial charge in [0.05, 0.1) is 6.07 Å². The van der Waals surface area contributed by atoms with Gasteiger partial charge in [0, 0.05) is 6.42 Å². The SMILES string of the molecule is CC[C@H](C)CCCCCCCCC#N. The molecule has 0 aromatic carbocycles. The van der Waals surface area contributed by atoms with Crippen LogP contribution in [0.5, 0.6) is 0 Å². The van der Waals surface area contributed by atoms with Crippen molar-refractivity contribution in [2.24, 2.45) is 5.92 Å². The Morgan fingerprint density at radius 3 is 2.14 bits per heavy atom. The van der Waals surface area contributed by atoms with Crippen LogP contribution in [0.3, 0.4) is 0 Å². The lowest BCUT2D eigenvalue weighted by atomic mass is 10.00. The second kappa shape index (κ2) is 10.6. The lowest BCUT2D eigenvalue weighted by Gasteiger charge is -2.07. The lowest BCUT2D eigenvalue weighted by molar-refractivity contribution is 0.471. The van der Waals surface area contributed by atoms with Crippen LogP contribution < -0.4 is 0 Å². The van der Waals surface area contributed by atoms with Gasteiger partial charge in [-0.05, 0) is 12.3 Å². The zero-order chi connectivity index (χ0) is 10.6. The average molecular weight is 195 g/mol. The van der Waals surface area contributed by atoms with E-state index in [1.54, 1.807) is 0 Å². The highest BCUT2D eigenvalue weighted by Gasteiger charge is 1.97. The monoisotopic (exact) mass is 195 g/mol. The van der Waals surface area contributed by atoms with Crippen molar-refractivity contribution in [1.82, 2.24) is 0 Å². The van der Waals surface area contributed by atoms with Gasteiger partial charge in [-0.25, -0.2) is 0 Å². The molecule has 0 bridgehead atoms.